The SMILES string of the molecule is C=C/C(S)=C/C. The van der Waals surface area contributed by atoms with Crippen LogP contribution in [0, 0.1) is 0 Å². The highest BCUT2D eigenvalue weighted by Gasteiger charge is 1.67. The summed E-state index contributed by atoms with van der Waals surface area (Å²) in [5.74, 6) is 0. The molecule has 0 spiro atoms. The summed E-state index contributed by atoms with van der Waals surface area (Å²) in [4.78, 5) is 0.926. The van der Waals surface area contributed by atoms with Crippen molar-refractivity contribution in [2.24, 2.45) is 0 Å². The molecule has 0 heterocycles. The van der Waals surface area contributed by atoms with E-state index in [1.54, 1.807) is 6.08 Å². The molecule has 34 valence electrons. The molecule has 0 atom stereocenters. The van der Waals surface area contributed by atoms with Gasteiger partial charge in [0.15, 0.2) is 0 Å². The molecule has 1 heteroatoms. The molecule has 0 saturated heterocycles. The molecule has 0 bridgehead atoms. The first-order valence-electron chi connectivity index (χ1n) is 1.79. The average Bonchev–Trinajstić information content (AvgIpc) is 1.65. The third-order valence-corrected chi connectivity index (χ3v) is 0.946. The minimum absolute atomic E-state index is 0.926. The van der Waals surface area contributed by atoms with Gasteiger partial charge in [0.2, 0.25) is 0 Å². The first-order chi connectivity index (χ1) is 2.81. The van der Waals surface area contributed by atoms with Crippen molar-refractivity contribution in [3.8, 4) is 0 Å². The second-order valence-electron chi connectivity index (χ2n) is 0.918. The van der Waals surface area contributed by atoms with Crippen LogP contribution in [0.5, 0.6) is 0 Å². The molecular formula is C5H8S. The fraction of sp³-hybridized carbons (Fsp3) is 0.200. The van der Waals surface area contributed by atoms with E-state index in [2.05, 4.69) is 19.2 Å². The van der Waals surface area contributed by atoms with E-state index in [0.29, 0.717) is 0 Å². The van der Waals surface area contributed by atoms with Crippen LogP contribution in [0.3, 0.4) is 0 Å². The van der Waals surface area contributed by atoms with Gasteiger partial charge in [-0.3, -0.25) is 0 Å². The van der Waals surface area contributed by atoms with Crippen molar-refractivity contribution in [2.45, 2.75) is 6.92 Å². The van der Waals surface area contributed by atoms with Crippen molar-refractivity contribution < 1.29 is 0 Å². The van der Waals surface area contributed by atoms with E-state index in [9.17, 15) is 0 Å². The van der Waals surface area contributed by atoms with Gasteiger partial charge < -0.3 is 0 Å². The Morgan fingerprint density at radius 2 is 2.33 bits per heavy atom. The Labute approximate surface area is 44.0 Å². The van der Waals surface area contributed by atoms with Crippen LogP contribution in [-0.2, 0) is 0 Å². The average molecular weight is 100 g/mol. The summed E-state index contributed by atoms with van der Waals surface area (Å²) in [6.07, 6.45) is 3.58. The number of hydrogen-bond acceptors (Lipinski definition) is 1. The second kappa shape index (κ2) is 3.04. The van der Waals surface area contributed by atoms with Crippen molar-refractivity contribution in [2.75, 3.05) is 0 Å². The molecule has 0 radical (unpaired) electrons. The molecule has 0 rings (SSSR count). The lowest BCUT2D eigenvalue weighted by molar-refractivity contribution is 1.72. The van der Waals surface area contributed by atoms with Gasteiger partial charge in [0.05, 0.1) is 0 Å². The molecule has 6 heavy (non-hydrogen) atoms. The maximum absolute atomic E-state index is 3.97. The zero-order valence-electron chi connectivity index (χ0n) is 3.81. The molecule has 0 nitrogen and oxygen atoms in total. The van der Waals surface area contributed by atoms with Crippen LogP contribution in [0.2, 0.25) is 0 Å². The third kappa shape index (κ3) is 2.09. The van der Waals surface area contributed by atoms with Crippen LogP contribution in [-0.4, -0.2) is 0 Å². The summed E-state index contributed by atoms with van der Waals surface area (Å²) < 4.78 is 0. The quantitative estimate of drug-likeness (QED) is 0.378. The maximum Gasteiger partial charge on any atom is -0.000867 e. The highest BCUT2D eigenvalue weighted by Crippen LogP contribution is 1.97. The number of hydrogen-bond donors (Lipinski definition) is 1. The van der Waals surface area contributed by atoms with Crippen molar-refractivity contribution >= 4 is 12.6 Å². The van der Waals surface area contributed by atoms with Gasteiger partial charge in [-0.1, -0.05) is 18.7 Å². The van der Waals surface area contributed by atoms with Gasteiger partial charge in [-0.05, 0) is 11.8 Å². The minimum atomic E-state index is 0.926. The van der Waals surface area contributed by atoms with E-state index >= 15 is 0 Å². The van der Waals surface area contributed by atoms with Crippen molar-refractivity contribution in [1.29, 1.82) is 0 Å². The zero-order valence-corrected chi connectivity index (χ0v) is 4.70. The van der Waals surface area contributed by atoms with Gasteiger partial charge in [0.25, 0.3) is 0 Å². The molecule has 0 unspecified atom stereocenters. The van der Waals surface area contributed by atoms with Crippen LogP contribution in [0.1, 0.15) is 6.92 Å². The second-order valence-corrected chi connectivity index (χ2v) is 1.43. The molecule has 0 aliphatic heterocycles. The van der Waals surface area contributed by atoms with Gasteiger partial charge in [-0.15, -0.1) is 12.6 Å². The molecule has 0 N–H and O–H groups in total. The topological polar surface area (TPSA) is 0 Å². The highest BCUT2D eigenvalue weighted by molar-refractivity contribution is 7.84. The Morgan fingerprint density at radius 3 is 2.33 bits per heavy atom. The summed E-state index contributed by atoms with van der Waals surface area (Å²) >= 11 is 3.97. The summed E-state index contributed by atoms with van der Waals surface area (Å²) in [6.45, 7) is 5.41. The summed E-state index contributed by atoms with van der Waals surface area (Å²) in [6, 6.07) is 0. The number of allylic oxidation sites excluding steroid dienone is 2. The molecule has 0 aromatic rings. The lowest BCUT2D eigenvalue weighted by Crippen LogP contribution is -1.51. The van der Waals surface area contributed by atoms with Gasteiger partial charge in [0.1, 0.15) is 0 Å². The first-order valence-corrected chi connectivity index (χ1v) is 2.23. The van der Waals surface area contributed by atoms with E-state index < -0.39 is 0 Å². The Bertz CT molecular complexity index is 72.0. The van der Waals surface area contributed by atoms with Crippen LogP contribution in [0.4, 0.5) is 0 Å². The van der Waals surface area contributed by atoms with Gasteiger partial charge >= 0.3 is 0 Å². The number of rotatable bonds is 1. The fourth-order valence-electron chi connectivity index (χ4n) is 0.118. The molecular weight excluding hydrogens is 92.1 g/mol. The Kier molecular flexibility index (Phi) is 2.95. The van der Waals surface area contributed by atoms with Crippen LogP contribution < -0.4 is 0 Å². The monoisotopic (exact) mass is 100 g/mol. The largest absolute Gasteiger partial charge is 0.144 e. The molecule has 0 fully saturated rings. The Balaban J connectivity index is 3.50. The fourth-order valence-corrected chi connectivity index (χ4v) is 0.118. The highest BCUT2D eigenvalue weighted by atomic mass is 32.1. The normalized spacial score (nSPS) is 11.3. The van der Waals surface area contributed by atoms with Crippen LogP contribution in [0.15, 0.2) is 23.6 Å². The minimum Gasteiger partial charge on any atom is -0.144 e. The lowest BCUT2D eigenvalue weighted by Gasteiger charge is -1.77. The van der Waals surface area contributed by atoms with Gasteiger partial charge in [0, 0.05) is 0 Å². The number of thiol groups is 1. The predicted octanol–water partition coefficient (Wildman–Crippen LogP) is 2.01. The maximum atomic E-state index is 3.97. The molecule has 0 amide bonds. The zero-order chi connectivity index (χ0) is 4.99. The predicted molar refractivity (Wildman–Crippen MR) is 32.9 cm³/mol. The molecule has 0 aliphatic carbocycles. The Hall–Kier alpha value is -0.170. The van der Waals surface area contributed by atoms with E-state index in [0.717, 1.165) is 4.91 Å². The van der Waals surface area contributed by atoms with Gasteiger partial charge in [-0.25, -0.2) is 0 Å². The third-order valence-electron chi connectivity index (χ3n) is 0.505. The van der Waals surface area contributed by atoms with Crippen LogP contribution >= 0.6 is 12.6 Å². The van der Waals surface area contributed by atoms with Crippen molar-refractivity contribution in [3.63, 3.8) is 0 Å². The lowest BCUT2D eigenvalue weighted by atomic mass is 10.5. The van der Waals surface area contributed by atoms with Crippen molar-refractivity contribution in [3.05, 3.63) is 23.6 Å². The molecule has 0 aromatic heterocycles. The van der Waals surface area contributed by atoms with Crippen LogP contribution in [0.25, 0.3) is 0 Å². The van der Waals surface area contributed by atoms with E-state index in [4.69, 9.17) is 0 Å². The van der Waals surface area contributed by atoms with E-state index in [-0.39, 0.29) is 0 Å². The summed E-state index contributed by atoms with van der Waals surface area (Å²) in [7, 11) is 0. The summed E-state index contributed by atoms with van der Waals surface area (Å²) in [5, 5.41) is 0. The standard InChI is InChI=1S/C5H8S/c1-3-5(6)4-2/h3-4,6H,1H2,2H3/b5-4-. The Morgan fingerprint density at radius 1 is 1.83 bits per heavy atom. The molecule has 0 aromatic carbocycles. The smallest absolute Gasteiger partial charge is 0.000867 e. The first kappa shape index (κ1) is 5.83. The molecule has 0 saturated carbocycles. The van der Waals surface area contributed by atoms with Crippen molar-refractivity contribution in [1.82, 2.24) is 0 Å². The summed E-state index contributed by atoms with van der Waals surface area (Å²) in [5.41, 5.74) is 0. The van der Waals surface area contributed by atoms with E-state index in [1.807, 2.05) is 13.0 Å². The van der Waals surface area contributed by atoms with Gasteiger partial charge in [-0.2, -0.15) is 0 Å². The molecule has 0 aliphatic rings. The van der Waals surface area contributed by atoms with E-state index in [1.165, 1.54) is 0 Å².